The van der Waals surface area contributed by atoms with Crippen LogP contribution in [0.4, 0.5) is 5.69 Å². The van der Waals surface area contributed by atoms with E-state index in [1.54, 1.807) is 43.3 Å². The molecule has 0 heterocycles. The number of benzene rings is 3. The first-order valence-electron chi connectivity index (χ1n) is 9.12. The predicted octanol–water partition coefficient (Wildman–Crippen LogP) is 6.43. The molecule has 0 aliphatic heterocycles. The zero-order chi connectivity index (χ0) is 21.5. The molecule has 1 N–H and O–H groups in total. The number of carbonyl (C=O) groups excluding carboxylic acids is 1. The maximum atomic E-state index is 12.7. The monoisotopic (exact) mass is 436 g/mol. The topological polar surface area (TPSA) is 62.1 Å². The number of halogens is 2. The van der Waals surface area contributed by atoms with Crippen molar-refractivity contribution in [1.82, 2.24) is 0 Å². The molecule has 1 amide bonds. The minimum absolute atomic E-state index is 0.0822. The van der Waals surface area contributed by atoms with Crippen molar-refractivity contribution in [3.8, 4) is 11.8 Å². The van der Waals surface area contributed by atoms with Crippen molar-refractivity contribution in [2.75, 3.05) is 5.32 Å². The second-order valence-electron chi connectivity index (χ2n) is 6.49. The standard InChI is InChI=1S/C24H18Cl2N2O2/c1-16-21(26)8-5-9-22(16)28-24(29)19(14-27)12-18-13-20(25)10-11-23(18)30-15-17-6-3-2-4-7-17/h2-13H,15H2,1H3,(H,28,29)/b19-12+. The molecule has 3 aromatic rings. The largest absolute Gasteiger partial charge is 0.488 e. The number of nitrogens with one attached hydrogen (secondary N) is 1. The summed E-state index contributed by atoms with van der Waals surface area (Å²) in [4.78, 5) is 12.7. The molecule has 6 heteroatoms. The van der Waals surface area contributed by atoms with E-state index in [1.807, 2.05) is 36.4 Å². The Labute approximate surface area is 185 Å². The highest BCUT2D eigenvalue weighted by Crippen LogP contribution is 2.27. The van der Waals surface area contributed by atoms with Crippen LogP contribution in [0.2, 0.25) is 10.0 Å². The molecule has 0 aliphatic rings. The third-order valence-electron chi connectivity index (χ3n) is 4.39. The van der Waals surface area contributed by atoms with Crippen LogP contribution in [0.1, 0.15) is 16.7 Å². The Morgan fingerprint density at radius 1 is 1.10 bits per heavy atom. The van der Waals surface area contributed by atoms with Gasteiger partial charge in [0.25, 0.3) is 5.91 Å². The van der Waals surface area contributed by atoms with Crippen molar-refractivity contribution in [3.63, 3.8) is 0 Å². The maximum Gasteiger partial charge on any atom is 0.266 e. The summed E-state index contributed by atoms with van der Waals surface area (Å²) in [6.45, 7) is 2.14. The van der Waals surface area contributed by atoms with E-state index in [1.165, 1.54) is 6.08 Å². The minimum atomic E-state index is -0.545. The molecule has 0 atom stereocenters. The second-order valence-corrected chi connectivity index (χ2v) is 7.34. The molecule has 0 aliphatic carbocycles. The molecule has 0 saturated carbocycles. The summed E-state index contributed by atoms with van der Waals surface area (Å²) in [5, 5.41) is 13.3. The van der Waals surface area contributed by atoms with Crippen LogP contribution in [0.5, 0.6) is 5.75 Å². The van der Waals surface area contributed by atoms with Gasteiger partial charge in [0.2, 0.25) is 0 Å². The Kier molecular flexibility index (Phi) is 7.13. The second kappa shape index (κ2) is 9.98. The normalized spacial score (nSPS) is 10.9. The number of rotatable bonds is 6. The molecular formula is C24H18Cl2N2O2. The van der Waals surface area contributed by atoms with Crippen LogP contribution in [0.25, 0.3) is 6.08 Å². The van der Waals surface area contributed by atoms with E-state index in [0.29, 0.717) is 33.7 Å². The summed E-state index contributed by atoms with van der Waals surface area (Å²) in [5.74, 6) is -0.0282. The highest BCUT2D eigenvalue weighted by molar-refractivity contribution is 6.32. The van der Waals surface area contributed by atoms with Gasteiger partial charge in [-0.05, 0) is 54.5 Å². The first-order valence-corrected chi connectivity index (χ1v) is 9.88. The van der Waals surface area contributed by atoms with Crippen molar-refractivity contribution in [1.29, 1.82) is 5.26 Å². The lowest BCUT2D eigenvalue weighted by Gasteiger charge is -2.11. The van der Waals surface area contributed by atoms with Crippen LogP contribution >= 0.6 is 23.2 Å². The number of nitriles is 1. The van der Waals surface area contributed by atoms with E-state index >= 15 is 0 Å². The fourth-order valence-corrected chi connectivity index (χ4v) is 3.09. The van der Waals surface area contributed by atoms with E-state index < -0.39 is 5.91 Å². The van der Waals surface area contributed by atoms with Gasteiger partial charge in [-0.1, -0.05) is 59.6 Å². The Hall–Kier alpha value is -3.26. The number of anilines is 1. The summed E-state index contributed by atoms with van der Waals surface area (Å²) in [5.41, 5.74) is 2.71. The lowest BCUT2D eigenvalue weighted by molar-refractivity contribution is -0.112. The summed E-state index contributed by atoms with van der Waals surface area (Å²) >= 11 is 12.2. The van der Waals surface area contributed by atoms with Gasteiger partial charge in [-0.15, -0.1) is 0 Å². The molecule has 0 saturated heterocycles. The van der Waals surface area contributed by atoms with Crippen molar-refractivity contribution in [2.24, 2.45) is 0 Å². The molecule has 3 rings (SSSR count). The van der Waals surface area contributed by atoms with Crippen LogP contribution in [0.15, 0.2) is 72.3 Å². The van der Waals surface area contributed by atoms with Gasteiger partial charge in [-0.3, -0.25) is 4.79 Å². The van der Waals surface area contributed by atoms with E-state index in [0.717, 1.165) is 11.1 Å². The van der Waals surface area contributed by atoms with Crippen LogP contribution < -0.4 is 10.1 Å². The van der Waals surface area contributed by atoms with Crippen molar-refractivity contribution >= 4 is 40.9 Å². The predicted molar refractivity (Wildman–Crippen MR) is 121 cm³/mol. The molecule has 0 aromatic heterocycles. The van der Waals surface area contributed by atoms with Crippen LogP contribution in [-0.2, 0) is 11.4 Å². The molecule has 0 fully saturated rings. The lowest BCUT2D eigenvalue weighted by atomic mass is 10.1. The van der Waals surface area contributed by atoms with Gasteiger partial charge in [0.15, 0.2) is 0 Å². The van der Waals surface area contributed by atoms with Gasteiger partial charge in [0.05, 0.1) is 0 Å². The summed E-state index contributed by atoms with van der Waals surface area (Å²) < 4.78 is 5.89. The Bertz CT molecular complexity index is 1140. The lowest BCUT2D eigenvalue weighted by Crippen LogP contribution is -2.14. The molecule has 150 valence electrons. The number of amides is 1. The molecular weight excluding hydrogens is 419 g/mol. The zero-order valence-electron chi connectivity index (χ0n) is 16.2. The summed E-state index contributed by atoms with van der Waals surface area (Å²) in [7, 11) is 0. The zero-order valence-corrected chi connectivity index (χ0v) is 17.7. The third kappa shape index (κ3) is 5.42. The fourth-order valence-electron chi connectivity index (χ4n) is 2.74. The van der Waals surface area contributed by atoms with Gasteiger partial charge in [-0.2, -0.15) is 5.26 Å². The molecule has 3 aromatic carbocycles. The molecule has 4 nitrogen and oxygen atoms in total. The summed E-state index contributed by atoms with van der Waals surface area (Å²) in [6, 6.07) is 21.9. The van der Waals surface area contributed by atoms with Crippen LogP contribution in [0, 0.1) is 18.3 Å². The SMILES string of the molecule is Cc1c(Cl)cccc1NC(=O)/C(C#N)=C/c1cc(Cl)ccc1OCc1ccccc1. The number of carbonyl (C=O) groups is 1. The van der Waals surface area contributed by atoms with Gasteiger partial charge in [-0.25, -0.2) is 0 Å². The molecule has 0 unspecified atom stereocenters. The highest BCUT2D eigenvalue weighted by atomic mass is 35.5. The Morgan fingerprint density at radius 2 is 1.87 bits per heavy atom. The van der Waals surface area contributed by atoms with Crippen LogP contribution in [0.3, 0.4) is 0 Å². The van der Waals surface area contributed by atoms with Crippen molar-refractivity contribution < 1.29 is 9.53 Å². The van der Waals surface area contributed by atoms with E-state index in [2.05, 4.69) is 5.32 Å². The Morgan fingerprint density at radius 3 is 2.60 bits per heavy atom. The minimum Gasteiger partial charge on any atom is -0.488 e. The maximum absolute atomic E-state index is 12.7. The van der Waals surface area contributed by atoms with Gasteiger partial charge < -0.3 is 10.1 Å². The van der Waals surface area contributed by atoms with Crippen molar-refractivity contribution in [3.05, 3.63) is 99.0 Å². The molecule has 30 heavy (non-hydrogen) atoms. The number of nitrogens with zero attached hydrogens (tertiary/aromatic N) is 1. The molecule has 0 bridgehead atoms. The van der Waals surface area contributed by atoms with E-state index in [9.17, 15) is 10.1 Å². The van der Waals surface area contributed by atoms with E-state index in [4.69, 9.17) is 27.9 Å². The number of hydrogen-bond donors (Lipinski definition) is 1. The highest BCUT2D eigenvalue weighted by Gasteiger charge is 2.14. The van der Waals surface area contributed by atoms with Crippen LogP contribution in [-0.4, -0.2) is 5.91 Å². The smallest absolute Gasteiger partial charge is 0.266 e. The first kappa shape index (κ1) is 21.4. The number of ether oxygens (including phenoxy) is 1. The molecule has 0 radical (unpaired) electrons. The molecule has 0 spiro atoms. The van der Waals surface area contributed by atoms with Gasteiger partial charge in [0.1, 0.15) is 24.0 Å². The van der Waals surface area contributed by atoms with Crippen molar-refractivity contribution in [2.45, 2.75) is 13.5 Å². The average molecular weight is 437 g/mol. The average Bonchev–Trinajstić information content (AvgIpc) is 2.75. The summed E-state index contributed by atoms with van der Waals surface area (Å²) in [6.07, 6.45) is 1.46. The fraction of sp³-hybridized carbons (Fsp3) is 0.0833. The number of hydrogen-bond acceptors (Lipinski definition) is 3. The third-order valence-corrected chi connectivity index (χ3v) is 5.03. The van der Waals surface area contributed by atoms with E-state index in [-0.39, 0.29) is 5.57 Å². The Balaban J connectivity index is 1.85. The quantitative estimate of drug-likeness (QED) is 0.357. The van der Waals surface area contributed by atoms with Gasteiger partial charge in [0, 0.05) is 21.3 Å². The van der Waals surface area contributed by atoms with Gasteiger partial charge >= 0.3 is 0 Å². The first-order chi connectivity index (χ1) is 14.5.